The third kappa shape index (κ3) is 3.26. The third-order valence-electron chi connectivity index (χ3n) is 2.76. The quantitative estimate of drug-likeness (QED) is 0.790. The highest BCUT2D eigenvalue weighted by Gasteiger charge is 2.17. The number of hydrogen-bond donors (Lipinski definition) is 0. The van der Waals surface area contributed by atoms with E-state index in [1.165, 1.54) is 12.0 Å². The molecule has 2 rings (SSSR count). The molecule has 0 aliphatic carbocycles. The first kappa shape index (κ1) is 14.8. The van der Waals surface area contributed by atoms with Crippen molar-refractivity contribution in [1.82, 2.24) is 0 Å². The van der Waals surface area contributed by atoms with Crippen molar-refractivity contribution in [2.45, 2.75) is 6.54 Å². The molecule has 0 N–H and O–H groups in total. The number of benzene rings is 1. The van der Waals surface area contributed by atoms with Gasteiger partial charge in [0.25, 0.3) is 0 Å². The molecule has 20 heavy (non-hydrogen) atoms. The zero-order valence-electron chi connectivity index (χ0n) is 10.8. The van der Waals surface area contributed by atoms with Crippen LogP contribution in [0.15, 0.2) is 41.0 Å². The van der Waals surface area contributed by atoms with Crippen LogP contribution < -0.4 is 9.64 Å². The topological polar surface area (TPSA) is 42.7 Å². The van der Waals surface area contributed by atoms with E-state index in [9.17, 15) is 4.79 Å². The van der Waals surface area contributed by atoms with Crippen molar-refractivity contribution in [3.8, 4) is 5.75 Å². The Morgan fingerprint density at radius 3 is 2.75 bits per heavy atom. The van der Waals surface area contributed by atoms with Gasteiger partial charge in [-0.25, -0.2) is 0 Å². The van der Waals surface area contributed by atoms with E-state index in [0.717, 1.165) is 0 Å². The van der Waals surface area contributed by atoms with Gasteiger partial charge in [-0.2, -0.15) is 0 Å². The van der Waals surface area contributed by atoms with Gasteiger partial charge in [0.2, 0.25) is 5.91 Å². The van der Waals surface area contributed by atoms with Gasteiger partial charge < -0.3 is 14.1 Å². The van der Waals surface area contributed by atoms with Crippen LogP contribution in [0.3, 0.4) is 0 Å². The third-order valence-corrected chi connectivity index (χ3v) is 3.28. The number of hydrogen-bond acceptors (Lipinski definition) is 3. The molecule has 0 aliphatic rings. The molecular weight excluding hydrogens is 301 g/mol. The summed E-state index contributed by atoms with van der Waals surface area (Å²) in [4.78, 5) is 13.5. The van der Waals surface area contributed by atoms with E-state index in [1.54, 1.807) is 36.6 Å². The van der Waals surface area contributed by atoms with Gasteiger partial charge in [0.15, 0.2) is 0 Å². The molecule has 0 atom stereocenters. The zero-order valence-corrected chi connectivity index (χ0v) is 12.3. The molecule has 6 heteroatoms. The summed E-state index contributed by atoms with van der Waals surface area (Å²) in [6.45, 7) is 0.293. The number of carbonyl (C=O) groups is 1. The molecule has 0 saturated carbocycles. The molecule has 0 aliphatic heterocycles. The standard InChI is InChI=1S/C14H13Cl2NO3/c1-19-13-5-4-10(7-12(13)16)17(14(18)8-15)9-11-3-2-6-20-11/h2-7H,8-9H2,1H3. The van der Waals surface area contributed by atoms with Crippen LogP contribution in [-0.4, -0.2) is 18.9 Å². The Kier molecular flexibility index (Phi) is 4.93. The maximum atomic E-state index is 12.0. The first-order valence-electron chi connectivity index (χ1n) is 5.88. The van der Waals surface area contributed by atoms with Gasteiger partial charge in [0, 0.05) is 5.69 Å². The summed E-state index contributed by atoms with van der Waals surface area (Å²) in [6.07, 6.45) is 1.56. The molecular formula is C14H13Cl2NO3. The summed E-state index contributed by atoms with van der Waals surface area (Å²) in [5.74, 6) is 0.857. The average Bonchev–Trinajstić information content (AvgIpc) is 2.97. The molecule has 0 saturated heterocycles. The van der Waals surface area contributed by atoms with Gasteiger partial charge >= 0.3 is 0 Å². The Bertz CT molecular complexity index is 584. The van der Waals surface area contributed by atoms with Crippen LogP contribution in [0, 0.1) is 0 Å². The summed E-state index contributed by atoms with van der Waals surface area (Å²) in [5, 5.41) is 0.428. The van der Waals surface area contributed by atoms with Crippen molar-refractivity contribution < 1.29 is 13.9 Å². The Morgan fingerprint density at radius 1 is 1.40 bits per heavy atom. The van der Waals surface area contributed by atoms with Gasteiger partial charge in [-0.15, -0.1) is 11.6 Å². The van der Waals surface area contributed by atoms with Gasteiger partial charge in [0.05, 0.1) is 24.9 Å². The monoisotopic (exact) mass is 313 g/mol. The lowest BCUT2D eigenvalue weighted by atomic mass is 10.2. The summed E-state index contributed by atoms with van der Waals surface area (Å²) >= 11 is 11.7. The molecule has 1 heterocycles. The summed E-state index contributed by atoms with van der Waals surface area (Å²) < 4.78 is 10.4. The molecule has 1 aromatic heterocycles. The van der Waals surface area contributed by atoms with Crippen LogP contribution in [0.4, 0.5) is 5.69 Å². The number of methoxy groups -OCH3 is 1. The number of alkyl halides is 1. The van der Waals surface area contributed by atoms with E-state index in [4.69, 9.17) is 32.4 Å². The van der Waals surface area contributed by atoms with Crippen molar-refractivity contribution in [3.05, 3.63) is 47.4 Å². The molecule has 0 fully saturated rings. The molecule has 1 aromatic carbocycles. The fourth-order valence-corrected chi connectivity index (χ4v) is 2.17. The summed E-state index contributed by atoms with van der Waals surface area (Å²) in [5.41, 5.74) is 0.637. The maximum Gasteiger partial charge on any atom is 0.242 e. The number of halogens is 2. The number of carbonyl (C=O) groups excluding carboxylic acids is 1. The highest BCUT2D eigenvalue weighted by molar-refractivity contribution is 6.32. The smallest absolute Gasteiger partial charge is 0.242 e. The molecule has 0 spiro atoms. The lowest BCUT2D eigenvalue weighted by Crippen LogP contribution is -2.31. The van der Waals surface area contributed by atoms with Gasteiger partial charge in [-0.05, 0) is 30.3 Å². The fourth-order valence-electron chi connectivity index (χ4n) is 1.78. The molecule has 0 bridgehead atoms. The number of ether oxygens (including phenoxy) is 1. The van der Waals surface area contributed by atoms with Crippen molar-refractivity contribution in [2.24, 2.45) is 0 Å². The second-order valence-electron chi connectivity index (χ2n) is 4.01. The first-order chi connectivity index (χ1) is 9.65. The van der Waals surface area contributed by atoms with Crippen molar-refractivity contribution in [3.63, 3.8) is 0 Å². The maximum absolute atomic E-state index is 12.0. The van der Waals surface area contributed by atoms with Gasteiger partial charge in [0.1, 0.15) is 17.4 Å². The Labute approximate surface area is 126 Å². The van der Waals surface area contributed by atoms with E-state index in [2.05, 4.69) is 0 Å². The highest BCUT2D eigenvalue weighted by atomic mass is 35.5. The predicted molar refractivity (Wildman–Crippen MR) is 78.6 cm³/mol. The molecule has 1 amide bonds. The lowest BCUT2D eigenvalue weighted by molar-refractivity contribution is -0.116. The molecule has 4 nitrogen and oxygen atoms in total. The molecule has 0 unspecified atom stereocenters. The van der Waals surface area contributed by atoms with Crippen LogP contribution in [0.1, 0.15) is 5.76 Å². The Hall–Kier alpha value is -1.65. The summed E-state index contributed by atoms with van der Waals surface area (Å²) in [6, 6.07) is 8.67. The number of amides is 1. The van der Waals surface area contributed by atoms with Crippen molar-refractivity contribution in [1.29, 1.82) is 0 Å². The van der Waals surface area contributed by atoms with Gasteiger partial charge in [-0.3, -0.25) is 4.79 Å². The van der Waals surface area contributed by atoms with E-state index in [1.807, 2.05) is 0 Å². The van der Waals surface area contributed by atoms with Crippen LogP contribution >= 0.6 is 23.2 Å². The number of furan rings is 1. The van der Waals surface area contributed by atoms with E-state index >= 15 is 0 Å². The lowest BCUT2D eigenvalue weighted by Gasteiger charge is -2.21. The molecule has 106 valence electrons. The van der Waals surface area contributed by atoms with E-state index in [-0.39, 0.29) is 11.8 Å². The van der Waals surface area contributed by atoms with Crippen LogP contribution in [0.25, 0.3) is 0 Å². The Morgan fingerprint density at radius 2 is 2.20 bits per heavy atom. The second kappa shape index (κ2) is 6.68. The minimum absolute atomic E-state index is 0.121. The average molecular weight is 314 g/mol. The normalized spacial score (nSPS) is 10.3. The van der Waals surface area contributed by atoms with Crippen LogP contribution in [-0.2, 0) is 11.3 Å². The van der Waals surface area contributed by atoms with Gasteiger partial charge in [-0.1, -0.05) is 11.6 Å². The zero-order chi connectivity index (χ0) is 14.5. The number of rotatable bonds is 5. The largest absolute Gasteiger partial charge is 0.495 e. The second-order valence-corrected chi connectivity index (χ2v) is 4.69. The minimum Gasteiger partial charge on any atom is -0.495 e. The minimum atomic E-state index is -0.232. The SMILES string of the molecule is COc1ccc(N(Cc2ccco2)C(=O)CCl)cc1Cl. The number of nitrogens with zero attached hydrogens (tertiary/aromatic N) is 1. The van der Waals surface area contributed by atoms with Crippen LogP contribution in [0.5, 0.6) is 5.75 Å². The number of anilines is 1. The Balaban J connectivity index is 2.31. The first-order valence-corrected chi connectivity index (χ1v) is 6.79. The van der Waals surface area contributed by atoms with Crippen molar-refractivity contribution in [2.75, 3.05) is 17.9 Å². The van der Waals surface area contributed by atoms with Crippen LogP contribution in [0.2, 0.25) is 5.02 Å². The molecule has 0 radical (unpaired) electrons. The van der Waals surface area contributed by atoms with Crippen molar-refractivity contribution >= 4 is 34.8 Å². The fraction of sp³-hybridized carbons (Fsp3) is 0.214. The highest BCUT2D eigenvalue weighted by Crippen LogP contribution is 2.30. The molecule has 2 aromatic rings. The summed E-state index contributed by atoms with van der Waals surface area (Å²) in [7, 11) is 1.53. The van der Waals surface area contributed by atoms with E-state index < -0.39 is 0 Å². The predicted octanol–water partition coefficient (Wildman–Crippen LogP) is 3.71. The van der Waals surface area contributed by atoms with E-state index in [0.29, 0.717) is 28.8 Å².